The van der Waals surface area contributed by atoms with Crippen molar-refractivity contribution >= 4 is 23.6 Å². The lowest BCUT2D eigenvalue weighted by atomic mass is 9.84. The molecule has 4 N–H and O–H groups in total. The molecular formula is C27H42N4O5. The third-order valence-corrected chi connectivity index (χ3v) is 6.46. The Kier molecular flexibility index (Phi) is 10.9. The summed E-state index contributed by atoms with van der Waals surface area (Å²) in [4.78, 5) is 52.5. The molecule has 1 aromatic rings. The topological polar surface area (TPSA) is 128 Å². The molecule has 0 radical (unpaired) electrons. The number of hydrogen-bond donors (Lipinski definition) is 4. The van der Waals surface area contributed by atoms with Crippen LogP contribution in [0.5, 0.6) is 0 Å². The number of amides is 4. The summed E-state index contributed by atoms with van der Waals surface area (Å²) in [5.74, 6) is -1.70. The summed E-state index contributed by atoms with van der Waals surface area (Å²) in [5, 5.41) is 14.9. The second-order valence-electron chi connectivity index (χ2n) is 11.2. The van der Waals surface area contributed by atoms with Crippen LogP contribution in [0.2, 0.25) is 0 Å². The Bertz CT molecular complexity index is 889. The molecule has 0 spiro atoms. The fourth-order valence-corrected chi connectivity index (χ4v) is 4.52. The van der Waals surface area contributed by atoms with Gasteiger partial charge < -0.3 is 15.5 Å². The fraction of sp³-hybridized carbons (Fsp3) is 0.630. The summed E-state index contributed by atoms with van der Waals surface area (Å²) in [6.45, 7) is 10.6. The fourth-order valence-electron chi connectivity index (χ4n) is 4.52. The standard InChI is InChI=1S/C27H42N4O5/c1-18(2)15-20(17-23(33)30-36)25(34)29-24(27(3,4)5)26(35)31-13-11-21(12-14-31)28-22(32)16-19-9-7-6-8-10-19/h6-10,18,20-21,24,36H,11-17H2,1-5H3,(H,28,32)(H,29,34)(H,30,33)/t20?,24-/m1/s1. The van der Waals surface area contributed by atoms with E-state index in [9.17, 15) is 19.2 Å². The molecule has 9 heteroatoms. The lowest BCUT2D eigenvalue weighted by Crippen LogP contribution is -2.58. The molecule has 1 unspecified atom stereocenters. The SMILES string of the molecule is CC(C)CC(CC(=O)NO)C(=O)N[C@H](C(=O)N1CCC(NC(=O)Cc2ccccc2)CC1)C(C)(C)C. The zero-order chi connectivity index (χ0) is 26.9. The van der Waals surface area contributed by atoms with E-state index in [4.69, 9.17) is 5.21 Å². The smallest absolute Gasteiger partial charge is 0.245 e. The summed E-state index contributed by atoms with van der Waals surface area (Å²) in [5.41, 5.74) is 2.00. The highest BCUT2D eigenvalue weighted by atomic mass is 16.5. The monoisotopic (exact) mass is 502 g/mol. The van der Waals surface area contributed by atoms with Gasteiger partial charge in [0.15, 0.2) is 0 Å². The van der Waals surface area contributed by atoms with Gasteiger partial charge in [0.2, 0.25) is 23.6 Å². The van der Waals surface area contributed by atoms with E-state index in [1.807, 2.05) is 65.0 Å². The first-order valence-electron chi connectivity index (χ1n) is 12.8. The summed E-state index contributed by atoms with van der Waals surface area (Å²) in [6, 6.07) is 8.81. The maximum Gasteiger partial charge on any atom is 0.245 e. The Labute approximate surface area is 214 Å². The number of piperidine rings is 1. The van der Waals surface area contributed by atoms with E-state index in [0.29, 0.717) is 38.8 Å². The lowest BCUT2D eigenvalue weighted by molar-refractivity contribution is -0.142. The van der Waals surface area contributed by atoms with Crippen molar-refractivity contribution in [1.29, 1.82) is 0 Å². The average Bonchev–Trinajstić information content (AvgIpc) is 2.81. The molecule has 1 aliphatic heterocycles. The molecule has 1 saturated heterocycles. The third-order valence-electron chi connectivity index (χ3n) is 6.46. The number of carbonyl (C=O) groups excluding carboxylic acids is 4. The average molecular weight is 503 g/mol. The van der Waals surface area contributed by atoms with Gasteiger partial charge >= 0.3 is 0 Å². The summed E-state index contributed by atoms with van der Waals surface area (Å²) >= 11 is 0. The molecule has 0 aliphatic carbocycles. The number of nitrogens with one attached hydrogen (secondary N) is 3. The number of likely N-dealkylation sites (tertiary alicyclic amines) is 1. The highest BCUT2D eigenvalue weighted by Gasteiger charge is 2.38. The van der Waals surface area contributed by atoms with E-state index >= 15 is 0 Å². The van der Waals surface area contributed by atoms with Crippen molar-refractivity contribution in [3.8, 4) is 0 Å². The second-order valence-corrected chi connectivity index (χ2v) is 11.2. The normalized spacial score (nSPS) is 16.2. The van der Waals surface area contributed by atoms with Crippen molar-refractivity contribution < 1.29 is 24.4 Å². The van der Waals surface area contributed by atoms with Gasteiger partial charge in [-0.1, -0.05) is 65.0 Å². The predicted octanol–water partition coefficient (Wildman–Crippen LogP) is 2.43. The van der Waals surface area contributed by atoms with Crippen molar-refractivity contribution in [3.05, 3.63) is 35.9 Å². The molecule has 9 nitrogen and oxygen atoms in total. The highest BCUT2D eigenvalue weighted by molar-refractivity contribution is 5.91. The number of hydrogen-bond acceptors (Lipinski definition) is 5. The Hall–Kier alpha value is -2.94. The first-order valence-corrected chi connectivity index (χ1v) is 12.8. The zero-order valence-corrected chi connectivity index (χ0v) is 22.2. The minimum atomic E-state index is -0.763. The van der Waals surface area contributed by atoms with Gasteiger partial charge in [0.05, 0.1) is 6.42 Å². The molecule has 1 aromatic carbocycles. The molecule has 1 heterocycles. The predicted molar refractivity (Wildman–Crippen MR) is 137 cm³/mol. The first-order chi connectivity index (χ1) is 16.9. The van der Waals surface area contributed by atoms with Crippen LogP contribution in [0.15, 0.2) is 30.3 Å². The Balaban J connectivity index is 1.97. The van der Waals surface area contributed by atoms with E-state index < -0.39 is 23.3 Å². The highest BCUT2D eigenvalue weighted by Crippen LogP contribution is 2.25. The van der Waals surface area contributed by atoms with Crippen LogP contribution in [0.1, 0.15) is 65.9 Å². The van der Waals surface area contributed by atoms with E-state index in [1.165, 1.54) is 0 Å². The van der Waals surface area contributed by atoms with Crippen molar-refractivity contribution in [1.82, 2.24) is 21.0 Å². The largest absolute Gasteiger partial charge is 0.353 e. The van der Waals surface area contributed by atoms with Gasteiger partial charge in [-0.3, -0.25) is 24.4 Å². The van der Waals surface area contributed by atoms with E-state index in [1.54, 1.807) is 10.4 Å². The Morgan fingerprint density at radius 3 is 2.17 bits per heavy atom. The van der Waals surface area contributed by atoms with Gasteiger partial charge in [-0.15, -0.1) is 0 Å². The van der Waals surface area contributed by atoms with Gasteiger partial charge in [-0.05, 0) is 36.2 Å². The van der Waals surface area contributed by atoms with Crippen molar-refractivity contribution in [3.63, 3.8) is 0 Å². The molecule has 200 valence electrons. The maximum atomic E-state index is 13.5. The number of benzene rings is 1. The van der Waals surface area contributed by atoms with Crippen LogP contribution in [-0.4, -0.2) is 58.9 Å². The number of nitrogens with zero attached hydrogens (tertiary/aromatic N) is 1. The van der Waals surface area contributed by atoms with Gasteiger partial charge in [0.1, 0.15) is 6.04 Å². The van der Waals surface area contributed by atoms with Crippen molar-refractivity contribution in [2.45, 2.75) is 78.8 Å². The van der Waals surface area contributed by atoms with Crippen LogP contribution in [0, 0.1) is 17.3 Å². The van der Waals surface area contributed by atoms with Gasteiger partial charge in [-0.2, -0.15) is 0 Å². The van der Waals surface area contributed by atoms with Crippen molar-refractivity contribution in [2.24, 2.45) is 17.3 Å². The Morgan fingerprint density at radius 1 is 1.03 bits per heavy atom. The van der Waals surface area contributed by atoms with E-state index in [-0.39, 0.29) is 36.1 Å². The van der Waals surface area contributed by atoms with E-state index in [2.05, 4.69) is 10.6 Å². The minimum absolute atomic E-state index is 0.000330. The molecule has 0 bridgehead atoms. The Morgan fingerprint density at radius 2 is 1.64 bits per heavy atom. The molecule has 0 saturated carbocycles. The molecule has 2 rings (SSSR count). The molecule has 0 aromatic heterocycles. The second kappa shape index (κ2) is 13.4. The summed E-state index contributed by atoms with van der Waals surface area (Å²) in [7, 11) is 0. The molecule has 2 atom stereocenters. The molecule has 36 heavy (non-hydrogen) atoms. The van der Waals surface area contributed by atoms with E-state index in [0.717, 1.165) is 5.56 Å². The molecule has 1 aliphatic rings. The number of hydroxylamine groups is 1. The van der Waals surface area contributed by atoms with Gasteiger partial charge in [0, 0.05) is 31.5 Å². The zero-order valence-electron chi connectivity index (χ0n) is 22.2. The number of carbonyl (C=O) groups is 4. The van der Waals surface area contributed by atoms with Crippen LogP contribution < -0.4 is 16.1 Å². The van der Waals surface area contributed by atoms with Crippen LogP contribution in [0.3, 0.4) is 0 Å². The lowest BCUT2D eigenvalue weighted by Gasteiger charge is -2.39. The molecular weight excluding hydrogens is 460 g/mol. The van der Waals surface area contributed by atoms with Crippen LogP contribution >= 0.6 is 0 Å². The molecule has 1 fully saturated rings. The first kappa shape index (κ1) is 29.3. The number of rotatable bonds is 10. The summed E-state index contributed by atoms with van der Waals surface area (Å²) in [6.07, 6.45) is 1.91. The third kappa shape index (κ3) is 9.26. The minimum Gasteiger partial charge on any atom is -0.353 e. The van der Waals surface area contributed by atoms with Crippen molar-refractivity contribution in [2.75, 3.05) is 13.1 Å². The molecule has 4 amide bonds. The summed E-state index contributed by atoms with van der Waals surface area (Å²) < 4.78 is 0. The van der Waals surface area contributed by atoms with Crippen LogP contribution in [-0.2, 0) is 25.6 Å². The van der Waals surface area contributed by atoms with Gasteiger partial charge in [-0.25, -0.2) is 5.48 Å². The quantitative estimate of drug-likeness (QED) is 0.289. The van der Waals surface area contributed by atoms with Crippen LogP contribution in [0.25, 0.3) is 0 Å². The van der Waals surface area contributed by atoms with Gasteiger partial charge in [0.25, 0.3) is 0 Å². The maximum absolute atomic E-state index is 13.5. The van der Waals surface area contributed by atoms with Crippen LogP contribution in [0.4, 0.5) is 0 Å².